The van der Waals surface area contributed by atoms with Crippen LogP contribution in [0, 0.1) is 0 Å². The Morgan fingerprint density at radius 3 is 2.34 bits per heavy atom. The predicted molar refractivity (Wildman–Crippen MR) is 141 cm³/mol. The number of nitrogens with one attached hydrogen (secondary N) is 1. The van der Waals surface area contributed by atoms with Gasteiger partial charge in [0.1, 0.15) is 0 Å². The molecule has 1 fully saturated rings. The minimum absolute atomic E-state index is 0.0332. The van der Waals surface area contributed by atoms with Crippen LogP contribution in [-0.2, 0) is 27.8 Å². The molecule has 1 amide bonds. The quantitative estimate of drug-likeness (QED) is 0.432. The number of piperazine rings is 1. The van der Waals surface area contributed by atoms with Crippen molar-refractivity contribution in [3.8, 4) is 0 Å². The van der Waals surface area contributed by atoms with Gasteiger partial charge in [-0.2, -0.15) is 4.31 Å². The van der Waals surface area contributed by atoms with Crippen molar-refractivity contribution in [3.05, 3.63) is 68.7 Å². The van der Waals surface area contributed by atoms with Gasteiger partial charge in [0, 0.05) is 54.2 Å². The summed E-state index contributed by atoms with van der Waals surface area (Å²) in [4.78, 5) is 18.5. The molecule has 3 aromatic rings. The van der Waals surface area contributed by atoms with Gasteiger partial charge in [0.15, 0.2) is 5.03 Å². The van der Waals surface area contributed by atoms with Crippen molar-refractivity contribution in [1.29, 1.82) is 0 Å². The number of hydrogen-bond acceptors (Lipinski definition) is 5. The van der Waals surface area contributed by atoms with Crippen LogP contribution in [0.5, 0.6) is 0 Å². The van der Waals surface area contributed by atoms with Gasteiger partial charge in [0.05, 0.1) is 11.9 Å². The maximum atomic E-state index is 13.6. The van der Waals surface area contributed by atoms with E-state index in [0.29, 0.717) is 48.3 Å². The molecule has 0 saturated carbocycles. The molecule has 1 aliphatic heterocycles. The van der Waals surface area contributed by atoms with Crippen LogP contribution in [0.15, 0.2) is 58.2 Å². The first-order valence-corrected chi connectivity index (χ1v) is 13.9. The Bertz CT molecular complexity index is 1310. The van der Waals surface area contributed by atoms with E-state index in [9.17, 15) is 13.2 Å². The number of carbonyl (C=O) groups is 1. The van der Waals surface area contributed by atoms with Crippen molar-refractivity contribution < 1.29 is 13.2 Å². The number of aromatic nitrogens is 2. The molecule has 8 nitrogen and oxygen atoms in total. The summed E-state index contributed by atoms with van der Waals surface area (Å²) in [5.41, 5.74) is 1.41. The zero-order valence-corrected chi connectivity index (χ0v) is 22.8. The van der Waals surface area contributed by atoms with Crippen molar-refractivity contribution in [2.75, 3.05) is 31.1 Å². The molecule has 2 aromatic carbocycles. The van der Waals surface area contributed by atoms with E-state index in [4.69, 9.17) is 23.2 Å². The van der Waals surface area contributed by atoms with E-state index < -0.39 is 10.0 Å². The summed E-state index contributed by atoms with van der Waals surface area (Å²) in [7, 11) is -3.84. The number of sulfonamides is 1. The Kier molecular flexibility index (Phi) is 8.19. The minimum Gasteiger partial charge on any atom is -0.314 e. The first-order valence-electron chi connectivity index (χ1n) is 10.9. The lowest BCUT2D eigenvalue weighted by Gasteiger charge is -2.27. The maximum absolute atomic E-state index is 13.6. The lowest BCUT2D eigenvalue weighted by Crippen LogP contribution is -2.46. The van der Waals surface area contributed by atoms with Gasteiger partial charge < -0.3 is 5.32 Å². The predicted octanol–water partition coefficient (Wildman–Crippen LogP) is 4.47. The van der Waals surface area contributed by atoms with Crippen molar-refractivity contribution in [2.24, 2.45) is 0 Å². The second kappa shape index (κ2) is 11.0. The van der Waals surface area contributed by atoms with Crippen molar-refractivity contribution in [3.63, 3.8) is 0 Å². The van der Waals surface area contributed by atoms with Gasteiger partial charge in [0.2, 0.25) is 11.9 Å². The highest BCUT2D eigenvalue weighted by Crippen LogP contribution is 2.32. The second-order valence-corrected chi connectivity index (χ2v) is 11.7. The van der Waals surface area contributed by atoms with E-state index >= 15 is 0 Å². The molecular weight excluding hydrogens is 577 g/mol. The lowest BCUT2D eigenvalue weighted by molar-refractivity contribution is -0.115. The fourth-order valence-electron chi connectivity index (χ4n) is 3.96. The Hall–Kier alpha value is -1.95. The Morgan fingerprint density at radius 2 is 1.74 bits per heavy atom. The van der Waals surface area contributed by atoms with E-state index in [1.165, 1.54) is 22.3 Å². The highest BCUT2D eigenvalue weighted by Gasteiger charge is 2.32. The van der Waals surface area contributed by atoms with Crippen molar-refractivity contribution >= 4 is 66.7 Å². The van der Waals surface area contributed by atoms with Crippen LogP contribution in [0.1, 0.15) is 12.5 Å². The Labute approximate surface area is 223 Å². The summed E-state index contributed by atoms with van der Waals surface area (Å²) in [5, 5.41) is 3.89. The first kappa shape index (κ1) is 26.1. The van der Waals surface area contributed by atoms with Crippen LogP contribution in [0.3, 0.4) is 0 Å². The van der Waals surface area contributed by atoms with Gasteiger partial charge in [-0.3, -0.25) is 14.3 Å². The summed E-state index contributed by atoms with van der Waals surface area (Å²) < 4.78 is 31.2. The summed E-state index contributed by atoms with van der Waals surface area (Å²) in [6, 6.07) is 12.5. The average molecular weight is 601 g/mol. The molecule has 35 heavy (non-hydrogen) atoms. The van der Waals surface area contributed by atoms with Crippen LogP contribution in [0.4, 0.5) is 11.6 Å². The largest absolute Gasteiger partial charge is 0.314 e. The van der Waals surface area contributed by atoms with Crippen LogP contribution in [-0.4, -0.2) is 54.4 Å². The first-order chi connectivity index (χ1) is 16.7. The fraction of sp³-hybridized carbons (Fsp3) is 0.304. The van der Waals surface area contributed by atoms with Crippen molar-refractivity contribution in [1.82, 2.24) is 19.2 Å². The standard InChI is InChI=1S/C23H24BrCl2N5O3S/c1-16(32)31(21-13-19(25)12-20(26)14-21)23-28-15-22(35(33,34)29-10-7-27-8-11-29)30(23)9-6-17-2-4-18(24)5-3-17/h2-5,12-15,27H,6-11H2,1H3. The minimum atomic E-state index is -3.84. The molecule has 1 aromatic heterocycles. The molecule has 0 atom stereocenters. The topological polar surface area (TPSA) is 87.5 Å². The summed E-state index contributed by atoms with van der Waals surface area (Å²) in [6.07, 6.45) is 1.85. The molecule has 12 heteroatoms. The van der Waals surface area contributed by atoms with Gasteiger partial charge in [0.25, 0.3) is 10.0 Å². The van der Waals surface area contributed by atoms with E-state index in [2.05, 4.69) is 26.2 Å². The van der Waals surface area contributed by atoms with Crippen molar-refractivity contribution in [2.45, 2.75) is 24.9 Å². The van der Waals surface area contributed by atoms with Crippen LogP contribution >= 0.6 is 39.1 Å². The van der Waals surface area contributed by atoms with Gasteiger partial charge in [-0.15, -0.1) is 0 Å². The molecule has 0 bridgehead atoms. The molecule has 186 valence electrons. The smallest absolute Gasteiger partial charge is 0.260 e. The average Bonchev–Trinajstić information content (AvgIpc) is 3.22. The number of hydrogen-bond donors (Lipinski definition) is 1. The number of nitrogens with zero attached hydrogens (tertiary/aromatic N) is 4. The Balaban J connectivity index is 1.80. The van der Waals surface area contributed by atoms with Crippen LogP contribution in [0.25, 0.3) is 0 Å². The summed E-state index contributed by atoms with van der Waals surface area (Å²) in [6.45, 7) is 3.52. The zero-order chi connectivity index (χ0) is 25.2. The number of imidazole rings is 1. The third-order valence-corrected chi connectivity index (χ3v) is 8.50. The molecule has 0 spiro atoms. The highest BCUT2D eigenvalue weighted by atomic mass is 79.9. The lowest BCUT2D eigenvalue weighted by atomic mass is 10.1. The SMILES string of the molecule is CC(=O)N(c1cc(Cl)cc(Cl)c1)c1ncc(S(=O)(=O)N2CCNCC2)n1CCc1ccc(Br)cc1. The fourth-order valence-corrected chi connectivity index (χ4v) is 6.30. The number of anilines is 2. The molecule has 1 aliphatic rings. The number of amides is 1. The van der Waals surface area contributed by atoms with Gasteiger partial charge in [-0.25, -0.2) is 13.4 Å². The molecule has 0 unspecified atom stereocenters. The summed E-state index contributed by atoms with van der Waals surface area (Å²) in [5.74, 6) is -0.174. The monoisotopic (exact) mass is 599 g/mol. The molecule has 4 rings (SSSR count). The summed E-state index contributed by atoms with van der Waals surface area (Å²) >= 11 is 15.8. The van der Waals surface area contributed by atoms with Crippen LogP contribution in [0.2, 0.25) is 10.0 Å². The Morgan fingerprint density at radius 1 is 1.11 bits per heavy atom. The van der Waals surface area contributed by atoms with Gasteiger partial charge in [-0.1, -0.05) is 51.3 Å². The zero-order valence-electron chi connectivity index (χ0n) is 18.9. The number of halogens is 3. The molecule has 1 N–H and O–H groups in total. The molecule has 2 heterocycles. The third-order valence-electron chi connectivity index (χ3n) is 5.64. The third kappa shape index (κ3) is 5.90. The molecule has 0 aliphatic carbocycles. The van der Waals surface area contributed by atoms with Gasteiger partial charge in [-0.05, 0) is 42.3 Å². The molecule has 0 radical (unpaired) electrons. The van der Waals surface area contributed by atoms with E-state index in [0.717, 1.165) is 10.0 Å². The number of rotatable bonds is 7. The number of carbonyl (C=O) groups excluding carboxylic acids is 1. The highest BCUT2D eigenvalue weighted by molar-refractivity contribution is 9.10. The van der Waals surface area contributed by atoms with Crippen LogP contribution < -0.4 is 10.2 Å². The second-order valence-electron chi connectivity index (χ2n) is 8.06. The molecule has 1 saturated heterocycles. The number of benzene rings is 2. The number of aryl methyl sites for hydroxylation is 1. The van der Waals surface area contributed by atoms with Gasteiger partial charge >= 0.3 is 0 Å². The maximum Gasteiger partial charge on any atom is 0.260 e. The van der Waals surface area contributed by atoms with E-state index in [-0.39, 0.29) is 23.4 Å². The molecular formula is C23H24BrCl2N5O3S. The van der Waals surface area contributed by atoms with E-state index in [1.807, 2.05) is 24.3 Å². The van der Waals surface area contributed by atoms with E-state index in [1.54, 1.807) is 22.8 Å². The normalized spacial score (nSPS) is 14.7.